The summed E-state index contributed by atoms with van der Waals surface area (Å²) >= 11 is 0. The summed E-state index contributed by atoms with van der Waals surface area (Å²) in [6.07, 6.45) is 2.06. The molecule has 150 valence electrons. The minimum Gasteiger partial charge on any atom is -0.379 e. The maximum Gasteiger partial charge on any atom is 0.254 e. The summed E-state index contributed by atoms with van der Waals surface area (Å²) < 4.78 is 23.2. The largest absolute Gasteiger partial charge is 0.379 e. The molecule has 0 bridgehead atoms. The first-order valence-corrected chi connectivity index (χ1v) is 9.17. The number of halogens is 1. The Morgan fingerprint density at radius 2 is 1.93 bits per heavy atom. The van der Waals surface area contributed by atoms with Gasteiger partial charge in [-0.2, -0.15) is 0 Å². The van der Waals surface area contributed by atoms with Crippen LogP contribution in [0.15, 0.2) is 41.1 Å². The van der Waals surface area contributed by atoms with E-state index in [2.05, 4.69) is 19.9 Å². The molecule has 1 aliphatic heterocycles. The van der Waals surface area contributed by atoms with Crippen molar-refractivity contribution in [2.24, 2.45) is 0 Å². The number of rotatable bonds is 8. The lowest BCUT2D eigenvalue weighted by molar-refractivity contribution is -0.117. The van der Waals surface area contributed by atoms with Gasteiger partial charge in [-0.3, -0.25) is 14.5 Å². The van der Waals surface area contributed by atoms with Crippen LogP contribution in [0, 0.1) is 5.82 Å². The molecule has 1 fully saturated rings. The van der Waals surface area contributed by atoms with Gasteiger partial charge < -0.3 is 19.5 Å². The number of anilines is 1. The van der Waals surface area contributed by atoms with Crippen LogP contribution >= 0.6 is 0 Å². The van der Waals surface area contributed by atoms with Crippen LogP contribution in [0.4, 0.5) is 10.2 Å². The minimum atomic E-state index is -0.417. The predicted molar refractivity (Wildman–Crippen MR) is 99.3 cm³/mol. The highest BCUT2D eigenvalue weighted by Crippen LogP contribution is 2.09. The van der Waals surface area contributed by atoms with E-state index in [1.807, 2.05) is 0 Å². The molecule has 8 nitrogen and oxygen atoms in total. The third-order valence-electron chi connectivity index (χ3n) is 4.42. The number of nitrogens with one attached hydrogen (secondary N) is 1. The lowest BCUT2D eigenvalue weighted by Crippen LogP contribution is -2.41. The molecular formula is C19H23FN4O4. The standard InChI is InChI=1S/C19H23FN4O4/c20-16-4-2-15(3-5-16)19(26)24(8-1-7-23-9-12-27-13-10-23)14-18(25)21-17-6-11-28-22-17/h2-6,11H,1,7-10,12-14H2,(H,21,22,25). The second-order valence-corrected chi connectivity index (χ2v) is 6.47. The van der Waals surface area contributed by atoms with E-state index in [9.17, 15) is 14.0 Å². The van der Waals surface area contributed by atoms with Gasteiger partial charge >= 0.3 is 0 Å². The third-order valence-corrected chi connectivity index (χ3v) is 4.42. The summed E-state index contributed by atoms with van der Waals surface area (Å²) in [5, 5.41) is 6.21. The summed E-state index contributed by atoms with van der Waals surface area (Å²) in [5.41, 5.74) is 0.335. The van der Waals surface area contributed by atoms with E-state index in [1.54, 1.807) is 0 Å². The number of carbonyl (C=O) groups is 2. The first-order chi connectivity index (χ1) is 13.6. The minimum absolute atomic E-state index is 0.133. The molecular weight excluding hydrogens is 367 g/mol. The molecule has 0 atom stereocenters. The maximum atomic E-state index is 13.2. The van der Waals surface area contributed by atoms with E-state index in [0.717, 1.165) is 19.6 Å². The maximum absolute atomic E-state index is 13.2. The summed E-state index contributed by atoms with van der Waals surface area (Å²) in [6, 6.07) is 6.82. The molecule has 28 heavy (non-hydrogen) atoms. The van der Waals surface area contributed by atoms with E-state index in [1.165, 1.54) is 41.5 Å². The van der Waals surface area contributed by atoms with Crippen molar-refractivity contribution >= 4 is 17.6 Å². The normalized spacial score (nSPS) is 14.6. The van der Waals surface area contributed by atoms with Crippen LogP contribution in [0.1, 0.15) is 16.8 Å². The number of ether oxygens (including phenoxy) is 1. The summed E-state index contributed by atoms with van der Waals surface area (Å²) in [5.74, 6) is -0.834. The van der Waals surface area contributed by atoms with Gasteiger partial charge in [-0.15, -0.1) is 0 Å². The molecule has 0 spiro atoms. The van der Waals surface area contributed by atoms with Crippen LogP contribution in [-0.4, -0.2) is 72.7 Å². The quantitative estimate of drug-likeness (QED) is 0.737. The Labute approximate surface area is 162 Å². The van der Waals surface area contributed by atoms with E-state index in [0.29, 0.717) is 31.7 Å². The van der Waals surface area contributed by atoms with Crippen molar-refractivity contribution in [3.8, 4) is 0 Å². The van der Waals surface area contributed by atoms with Crippen LogP contribution in [-0.2, 0) is 9.53 Å². The van der Waals surface area contributed by atoms with Gasteiger partial charge in [0, 0.05) is 37.8 Å². The van der Waals surface area contributed by atoms with Crippen molar-refractivity contribution < 1.29 is 23.2 Å². The lowest BCUT2D eigenvalue weighted by atomic mass is 10.2. The van der Waals surface area contributed by atoms with Crippen molar-refractivity contribution in [3.63, 3.8) is 0 Å². The molecule has 9 heteroatoms. The second-order valence-electron chi connectivity index (χ2n) is 6.47. The van der Waals surface area contributed by atoms with Gasteiger partial charge in [0.1, 0.15) is 18.6 Å². The van der Waals surface area contributed by atoms with Gasteiger partial charge in [-0.05, 0) is 30.7 Å². The lowest BCUT2D eigenvalue weighted by Gasteiger charge is -2.28. The zero-order valence-corrected chi connectivity index (χ0v) is 15.5. The highest BCUT2D eigenvalue weighted by atomic mass is 19.1. The number of amides is 2. The highest BCUT2D eigenvalue weighted by Gasteiger charge is 2.20. The Morgan fingerprint density at radius 3 is 2.61 bits per heavy atom. The molecule has 2 amide bonds. The highest BCUT2D eigenvalue weighted by molar-refractivity contribution is 5.99. The Morgan fingerprint density at radius 1 is 1.18 bits per heavy atom. The molecule has 1 saturated heterocycles. The van der Waals surface area contributed by atoms with Crippen LogP contribution in [0.2, 0.25) is 0 Å². The summed E-state index contributed by atoms with van der Waals surface area (Å²) in [6.45, 7) is 4.21. The topological polar surface area (TPSA) is 87.9 Å². The molecule has 0 radical (unpaired) electrons. The molecule has 2 aromatic rings. The Bertz CT molecular complexity index is 761. The van der Waals surface area contributed by atoms with Gasteiger partial charge in [0.25, 0.3) is 5.91 Å². The van der Waals surface area contributed by atoms with Crippen molar-refractivity contribution in [2.45, 2.75) is 6.42 Å². The molecule has 0 saturated carbocycles. The summed E-state index contributed by atoms with van der Waals surface area (Å²) in [7, 11) is 0. The third kappa shape index (κ3) is 5.86. The number of aromatic nitrogens is 1. The molecule has 0 aliphatic carbocycles. The number of benzene rings is 1. The number of carbonyl (C=O) groups excluding carboxylic acids is 2. The average Bonchev–Trinajstić information content (AvgIpc) is 3.21. The van der Waals surface area contributed by atoms with Crippen LogP contribution in [0.3, 0.4) is 0 Å². The fraction of sp³-hybridized carbons (Fsp3) is 0.421. The van der Waals surface area contributed by atoms with Crippen molar-refractivity contribution in [2.75, 3.05) is 51.3 Å². The van der Waals surface area contributed by atoms with E-state index >= 15 is 0 Å². The summed E-state index contributed by atoms with van der Waals surface area (Å²) in [4.78, 5) is 28.9. The van der Waals surface area contributed by atoms with Gasteiger partial charge in [0.15, 0.2) is 5.82 Å². The first kappa shape index (κ1) is 20.0. The average molecular weight is 390 g/mol. The smallest absolute Gasteiger partial charge is 0.254 e. The van der Waals surface area contributed by atoms with Crippen LogP contribution in [0.25, 0.3) is 0 Å². The van der Waals surface area contributed by atoms with Gasteiger partial charge in [0.2, 0.25) is 5.91 Å². The van der Waals surface area contributed by atoms with Crippen molar-refractivity contribution in [3.05, 3.63) is 48.0 Å². The van der Waals surface area contributed by atoms with Crippen molar-refractivity contribution in [1.82, 2.24) is 15.0 Å². The van der Waals surface area contributed by atoms with E-state index in [-0.39, 0.29) is 24.2 Å². The number of nitrogens with zero attached hydrogens (tertiary/aromatic N) is 3. The molecule has 1 aromatic heterocycles. The van der Waals surface area contributed by atoms with Gasteiger partial charge in [0.05, 0.1) is 13.2 Å². The molecule has 3 rings (SSSR count). The Hall–Kier alpha value is -2.78. The molecule has 1 aliphatic rings. The molecule has 2 heterocycles. The SMILES string of the molecule is O=C(CN(CCCN1CCOCC1)C(=O)c1ccc(F)cc1)Nc1ccon1. The number of morpholine rings is 1. The number of hydrogen-bond donors (Lipinski definition) is 1. The fourth-order valence-corrected chi connectivity index (χ4v) is 2.97. The van der Waals surface area contributed by atoms with Gasteiger partial charge in [-0.1, -0.05) is 5.16 Å². The fourth-order valence-electron chi connectivity index (χ4n) is 2.97. The van der Waals surface area contributed by atoms with Gasteiger partial charge in [-0.25, -0.2) is 4.39 Å². The van der Waals surface area contributed by atoms with E-state index < -0.39 is 5.82 Å². The molecule has 1 N–H and O–H groups in total. The Kier molecular flexibility index (Phi) is 7.10. The van der Waals surface area contributed by atoms with Crippen LogP contribution < -0.4 is 5.32 Å². The monoisotopic (exact) mass is 390 g/mol. The number of hydrogen-bond acceptors (Lipinski definition) is 6. The zero-order valence-electron chi connectivity index (χ0n) is 15.5. The van der Waals surface area contributed by atoms with Crippen molar-refractivity contribution in [1.29, 1.82) is 0 Å². The molecule has 1 aromatic carbocycles. The van der Waals surface area contributed by atoms with E-state index in [4.69, 9.17) is 4.74 Å². The Balaban J connectivity index is 1.60. The predicted octanol–water partition coefficient (Wildman–Crippen LogP) is 1.62. The zero-order chi connectivity index (χ0) is 19.8. The first-order valence-electron chi connectivity index (χ1n) is 9.17. The second kappa shape index (κ2) is 9.95. The molecule has 0 unspecified atom stereocenters. The van der Waals surface area contributed by atoms with Crippen LogP contribution in [0.5, 0.6) is 0 Å².